The Kier molecular flexibility index (Phi) is 5.18. The van der Waals surface area contributed by atoms with E-state index in [-0.39, 0.29) is 24.1 Å². The number of thiophene rings is 1. The molecule has 0 aliphatic carbocycles. The van der Waals surface area contributed by atoms with Gasteiger partial charge >= 0.3 is 0 Å². The van der Waals surface area contributed by atoms with Gasteiger partial charge in [-0.3, -0.25) is 9.59 Å². The third-order valence-corrected chi connectivity index (χ3v) is 6.27. The third-order valence-electron chi connectivity index (χ3n) is 5.41. The SMILES string of the molecule is O=C(c1cccs1)N(Cc1cc2cc3c(cc2[nH]c1=O)OCCO3)CC1CCCO1. The number of aromatic amines is 1. The highest BCUT2D eigenvalue weighted by molar-refractivity contribution is 7.12. The fourth-order valence-corrected chi connectivity index (χ4v) is 4.61. The second-order valence-electron chi connectivity index (χ2n) is 7.50. The van der Waals surface area contributed by atoms with Crippen molar-refractivity contribution in [3.8, 4) is 11.5 Å². The summed E-state index contributed by atoms with van der Waals surface area (Å²) in [5, 5.41) is 2.72. The van der Waals surface area contributed by atoms with Gasteiger partial charge in [-0.25, -0.2) is 0 Å². The van der Waals surface area contributed by atoms with Crippen molar-refractivity contribution in [2.24, 2.45) is 0 Å². The molecule has 156 valence electrons. The average Bonchev–Trinajstić information content (AvgIpc) is 3.46. The Labute approximate surface area is 177 Å². The maximum atomic E-state index is 13.1. The smallest absolute Gasteiger partial charge is 0.264 e. The molecule has 1 aromatic carbocycles. The Morgan fingerprint density at radius 3 is 2.73 bits per heavy atom. The Balaban J connectivity index is 1.47. The number of rotatable bonds is 5. The van der Waals surface area contributed by atoms with E-state index in [1.165, 1.54) is 11.3 Å². The molecule has 3 aromatic rings. The number of pyridine rings is 1. The first-order valence-electron chi connectivity index (χ1n) is 10.1. The third kappa shape index (κ3) is 3.80. The van der Waals surface area contributed by atoms with Crippen molar-refractivity contribution in [1.82, 2.24) is 9.88 Å². The first-order valence-corrected chi connectivity index (χ1v) is 11.0. The number of aromatic nitrogens is 1. The number of amides is 1. The number of benzene rings is 1. The Morgan fingerprint density at radius 1 is 1.17 bits per heavy atom. The van der Waals surface area contributed by atoms with E-state index < -0.39 is 0 Å². The maximum Gasteiger partial charge on any atom is 0.264 e. The van der Waals surface area contributed by atoms with Gasteiger partial charge in [-0.05, 0) is 36.4 Å². The van der Waals surface area contributed by atoms with Crippen molar-refractivity contribution in [2.75, 3.05) is 26.4 Å². The van der Waals surface area contributed by atoms with Crippen LogP contribution in [0.3, 0.4) is 0 Å². The van der Waals surface area contributed by atoms with E-state index in [1.54, 1.807) is 11.0 Å². The molecule has 0 spiro atoms. The van der Waals surface area contributed by atoms with Crippen LogP contribution in [0.15, 0.2) is 40.5 Å². The molecular weight excluding hydrogens is 404 g/mol. The molecule has 2 aliphatic rings. The summed E-state index contributed by atoms with van der Waals surface area (Å²) in [5.74, 6) is 1.21. The highest BCUT2D eigenvalue weighted by Crippen LogP contribution is 2.33. The normalized spacial score (nSPS) is 17.9. The second-order valence-corrected chi connectivity index (χ2v) is 8.45. The number of nitrogens with one attached hydrogen (secondary N) is 1. The Morgan fingerprint density at radius 2 is 2.00 bits per heavy atom. The number of carbonyl (C=O) groups is 1. The van der Waals surface area contributed by atoms with Crippen LogP contribution in [0.4, 0.5) is 0 Å². The van der Waals surface area contributed by atoms with E-state index in [9.17, 15) is 9.59 Å². The molecular formula is C22H22N2O5S. The minimum atomic E-state index is -0.213. The quantitative estimate of drug-likeness (QED) is 0.678. The molecule has 2 aromatic heterocycles. The summed E-state index contributed by atoms with van der Waals surface area (Å²) in [6.45, 7) is 2.39. The van der Waals surface area contributed by atoms with E-state index in [2.05, 4.69) is 4.98 Å². The molecule has 8 heteroatoms. The van der Waals surface area contributed by atoms with E-state index >= 15 is 0 Å². The van der Waals surface area contributed by atoms with Gasteiger partial charge in [0.15, 0.2) is 11.5 Å². The summed E-state index contributed by atoms with van der Waals surface area (Å²) in [7, 11) is 0. The van der Waals surface area contributed by atoms with Gasteiger partial charge in [0.1, 0.15) is 13.2 Å². The van der Waals surface area contributed by atoms with E-state index in [0.29, 0.717) is 47.2 Å². The lowest BCUT2D eigenvalue weighted by molar-refractivity contribution is 0.0510. The van der Waals surface area contributed by atoms with Crippen molar-refractivity contribution in [3.63, 3.8) is 0 Å². The summed E-state index contributed by atoms with van der Waals surface area (Å²) >= 11 is 1.40. The van der Waals surface area contributed by atoms with E-state index in [4.69, 9.17) is 14.2 Å². The number of hydrogen-bond acceptors (Lipinski definition) is 6. The summed E-state index contributed by atoms with van der Waals surface area (Å²) in [6, 6.07) is 9.15. The highest BCUT2D eigenvalue weighted by Gasteiger charge is 2.25. The van der Waals surface area contributed by atoms with Gasteiger partial charge in [0.05, 0.1) is 23.0 Å². The first kappa shape index (κ1) is 19.1. The van der Waals surface area contributed by atoms with Crippen LogP contribution >= 0.6 is 11.3 Å². The molecule has 5 rings (SSSR count). The molecule has 30 heavy (non-hydrogen) atoms. The molecule has 0 radical (unpaired) electrons. The number of carbonyl (C=O) groups excluding carboxylic acids is 1. The average molecular weight is 426 g/mol. The van der Waals surface area contributed by atoms with Crippen molar-refractivity contribution < 1.29 is 19.0 Å². The van der Waals surface area contributed by atoms with Crippen molar-refractivity contribution in [2.45, 2.75) is 25.5 Å². The van der Waals surface area contributed by atoms with Gasteiger partial charge in [0.2, 0.25) is 0 Å². The Bertz CT molecular complexity index is 1120. The number of ether oxygens (including phenoxy) is 3. The zero-order valence-electron chi connectivity index (χ0n) is 16.4. The summed E-state index contributed by atoms with van der Waals surface area (Å²) in [4.78, 5) is 31.2. The van der Waals surface area contributed by atoms with Gasteiger partial charge in [0, 0.05) is 30.2 Å². The van der Waals surface area contributed by atoms with Crippen LogP contribution in [-0.2, 0) is 11.3 Å². The minimum absolute atomic E-state index is 0.00557. The summed E-state index contributed by atoms with van der Waals surface area (Å²) in [5.41, 5.74) is 1.00. The second kappa shape index (κ2) is 8.12. The lowest BCUT2D eigenvalue weighted by Gasteiger charge is -2.25. The number of nitrogens with zero attached hydrogens (tertiary/aromatic N) is 1. The van der Waals surface area contributed by atoms with Gasteiger partial charge in [-0.1, -0.05) is 6.07 Å². The monoisotopic (exact) mass is 426 g/mol. The molecule has 7 nitrogen and oxygen atoms in total. The van der Waals surface area contributed by atoms with Crippen molar-refractivity contribution >= 4 is 28.1 Å². The molecule has 1 N–H and O–H groups in total. The fraction of sp³-hybridized carbons (Fsp3) is 0.364. The van der Waals surface area contributed by atoms with Crippen LogP contribution in [0, 0.1) is 0 Å². The molecule has 0 saturated carbocycles. The Hall–Kier alpha value is -2.84. The lowest BCUT2D eigenvalue weighted by atomic mass is 10.1. The molecule has 4 heterocycles. The zero-order valence-corrected chi connectivity index (χ0v) is 17.2. The predicted molar refractivity (Wildman–Crippen MR) is 114 cm³/mol. The summed E-state index contributed by atoms with van der Waals surface area (Å²) in [6.07, 6.45) is 1.92. The molecule has 1 amide bonds. The van der Waals surface area contributed by atoms with Crippen LogP contribution in [0.2, 0.25) is 0 Å². The predicted octanol–water partition coefficient (Wildman–Crippen LogP) is 3.18. The van der Waals surface area contributed by atoms with Crippen molar-refractivity contribution in [1.29, 1.82) is 0 Å². The van der Waals surface area contributed by atoms with Gasteiger partial charge < -0.3 is 24.1 Å². The van der Waals surface area contributed by atoms with Crippen LogP contribution < -0.4 is 15.0 Å². The number of hydrogen-bond donors (Lipinski definition) is 1. The highest BCUT2D eigenvalue weighted by atomic mass is 32.1. The van der Waals surface area contributed by atoms with Crippen LogP contribution in [0.25, 0.3) is 10.9 Å². The van der Waals surface area contributed by atoms with Crippen molar-refractivity contribution in [3.05, 3.63) is 56.5 Å². The van der Waals surface area contributed by atoms with E-state index in [1.807, 2.05) is 29.6 Å². The zero-order chi connectivity index (χ0) is 20.5. The minimum Gasteiger partial charge on any atom is -0.486 e. The molecule has 0 bridgehead atoms. The molecule has 1 saturated heterocycles. The molecule has 1 unspecified atom stereocenters. The molecule has 2 aliphatic heterocycles. The maximum absolute atomic E-state index is 13.1. The van der Waals surface area contributed by atoms with Gasteiger partial charge in [0.25, 0.3) is 11.5 Å². The van der Waals surface area contributed by atoms with Crippen LogP contribution in [0.5, 0.6) is 11.5 Å². The van der Waals surface area contributed by atoms with Gasteiger partial charge in [-0.2, -0.15) is 0 Å². The van der Waals surface area contributed by atoms with E-state index in [0.717, 1.165) is 24.8 Å². The number of fused-ring (bicyclic) bond motifs is 2. The topological polar surface area (TPSA) is 80.9 Å². The summed E-state index contributed by atoms with van der Waals surface area (Å²) < 4.78 is 17.0. The first-order chi connectivity index (χ1) is 14.7. The van der Waals surface area contributed by atoms with Crippen LogP contribution in [-0.4, -0.2) is 48.3 Å². The van der Waals surface area contributed by atoms with Gasteiger partial charge in [-0.15, -0.1) is 11.3 Å². The molecule has 1 fully saturated rings. The van der Waals surface area contributed by atoms with Crippen LogP contribution in [0.1, 0.15) is 28.1 Å². The largest absolute Gasteiger partial charge is 0.486 e. The lowest BCUT2D eigenvalue weighted by Crippen LogP contribution is -2.38. The standard InChI is InChI=1S/C22H22N2O5S/c25-21-15(9-14-10-18-19(11-17(14)23-21)29-7-6-28-18)12-24(13-16-3-1-5-27-16)22(26)20-4-2-8-30-20/h2,4,8-11,16H,1,3,5-7,12-13H2,(H,23,25). The fourth-order valence-electron chi connectivity index (χ4n) is 3.92. The number of H-pyrrole nitrogens is 1. The molecule has 1 atom stereocenters.